The Labute approximate surface area is 142 Å². The zero-order valence-electron chi connectivity index (χ0n) is 14.3. The van der Waals surface area contributed by atoms with Gasteiger partial charge in [-0.15, -0.1) is 0 Å². The predicted molar refractivity (Wildman–Crippen MR) is 94.4 cm³/mol. The second-order valence-corrected chi connectivity index (χ2v) is 5.70. The molecule has 1 heterocycles. The van der Waals surface area contributed by atoms with E-state index in [9.17, 15) is 9.18 Å². The van der Waals surface area contributed by atoms with Crippen molar-refractivity contribution in [3.63, 3.8) is 0 Å². The number of benzene rings is 1. The minimum absolute atomic E-state index is 0.0243. The molecule has 2 aromatic rings. The number of amides is 1. The Balaban J connectivity index is 1.96. The van der Waals surface area contributed by atoms with Crippen molar-refractivity contribution in [2.45, 2.75) is 33.2 Å². The van der Waals surface area contributed by atoms with Crippen molar-refractivity contribution in [1.29, 1.82) is 0 Å². The minimum Gasteiger partial charge on any atom is -0.366 e. The Hall–Kier alpha value is -2.43. The van der Waals surface area contributed by atoms with Gasteiger partial charge in [0.1, 0.15) is 11.6 Å². The third-order valence-corrected chi connectivity index (χ3v) is 3.67. The summed E-state index contributed by atoms with van der Waals surface area (Å²) < 4.78 is 12.9. The summed E-state index contributed by atoms with van der Waals surface area (Å²) in [5.41, 5.74) is 1.57. The summed E-state index contributed by atoms with van der Waals surface area (Å²) in [4.78, 5) is 18.6. The fourth-order valence-electron chi connectivity index (χ4n) is 2.46. The standard InChI is InChI=1S/C19H24FN3O/c1-3-11-23(12-4-2)19(24)16-7-10-18(22-14-16)21-13-15-5-8-17(20)9-6-15/h5-10,14H,3-4,11-13H2,1-2H3,(H,21,22). The van der Waals surface area contributed by atoms with Crippen molar-refractivity contribution in [2.24, 2.45) is 0 Å². The Morgan fingerprint density at radius 1 is 1.08 bits per heavy atom. The molecule has 2 rings (SSSR count). The number of halogens is 1. The fraction of sp³-hybridized carbons (Fsp3) is 0.368. The number of aromatic nitrogens is 1. The van der Waals surface area contributed by atoms with Crippen molar-refractivity contribution < 1.29 is 9.18 Å². The van der Waals surface area contributed by atoms with Gasteiger partial charge in [0.05, 0.1) is 5.56 Å². The third kappa shape index (κ3) is 5.05. The van der Waals surface area contributed by atoms with Gasteiger partial charge in [-0.3, -0.25) is 4.79 Å². The van der Waals surface area contributed by atoms with Crippen LogP contribution in [0.15, 0.2) is 42.6 Å². The SMILES string of the molecule is CCCN(CCC)C(=O)c1ccc(NCc2ccc(F)cc2)nc1. The van der Waals surface area contributed by atoms with Crippen LogP contribution in [-0.2, 0) is 6.54 Å². The smallest absolute Gasteiger partial charge is 0.255 e. The van der Waals surface area contributed by atoms with Gasteiger partial charge in [-0.1, -0.05) is 26.0 Å². The van der Waals surface area contributed by atoms with Crippen LogP contribution in [0.1, 0.15) is 42.6 Å². The second-order valence-electron chi connectivity index (χ2n) is 5.70. The molecule has 24 heavy (non-hydrogen) atoms. The molecule has 0 aliphatic rings. The van der Waals surface area contributed by atoms with E-state index in [4.69, 9.17) is 0 Å². The number of nitrogens with zero attached hydrogens (tertiary/aromatic N) is 2. The van der Waals surface area contributed by atoms with E-state index in [1.54, 1.807) is 30.5 Å². The van der Waals surface area contributed by atoms with Gasteiger partial charge in [0.2, 0.25) is 0 Å². The van der Waals surface area contributed by atoms with E-state index < -0.39 is 0 Å². The summed E-state index contributed by atoms with van der Waals surface area (Å²) in [5, 5.41) is 3.17. The van der Waals surface area contributed by atoms with Crippen molar-refractivity contribution in [1.82, 2.24) is 9.88 Å². The zero-order valence-corrected chi connectivity index (χ0v) is 14.3. The highest BCUT2D eigenvalue weighted by molar-refractivity contribution is 5.94. The molecule has 1 aromatic heterocycles. The van der Waals surface area contributed by atoms with Gasteiger partial charge >= 0.3 is 0 Å². The maximum absolute atomic E-state index is 12.9. The summed E-state index contributed by atoms with van der Waals surface area (Å²) >= 11 is 0. The first-order valence-electron chi connectivity index (χ1n) is 8.37. The van der Waals surface area contributed by atoms with Crippen LogP contribution < -0.4 is 5.32 Å². The molecule has 0 saturated heterocycles. The van der Waals surface area contributed by atoms with Crippen LogP contribution in [-0.4, -0.2) is 28.9 Å². The molecule has 0 bridgehead atoms. The van der Waals surface area contributed by atoms with Crippen molar-refractivity contribution in [3.8, 4) is 0 Å². The fourth-order valence-corrected chi connectivity index (χ4v) is 2.46. The lowest BCUT2D eigenvalue weighted by Gasteiger charge is -2.21. The summed E-state index contributed by atoms with van der Waals surface area (Å²) in [6, 6.07) is 9.92. The van der Waals surface area contributed by atoms with E-state index >= 15 is 0 Å². The molecule has 1 N–H and O–H groups in total. The lowest BCUT2D eigenvalue weighted by Crippen LogP contribution is -2.32. The Morgan fingerprint density at radius 3 is 2.29 bits per heavy atom. The monoisotopic (exact) mass is 329 g/mol. The molecular weight excluding hydrogens is 305 g/mol. The number of hydrogen-bond donors (Lipinski definition) is 1. The number of pyridine rings is 1. The van der Waals surface area contributed by atoms with E-state index in [1.165, 1.54) is 12.1 Å². The molecule has 0 atom stereocenters. The normalized spacial score (nSPS) is 10.5. The predicted octanol–water partition coefficient (Wildman–Crippen LogP) is 4.10. The van der Waals surface area contributed by atoms with Gasteiger partial charge in [0.25, 0.3) is 5.91 Å². The van der Waals surface area contributed by atoms with E-state index in [-0.39, 0.29) is 11.7 Å². The van der Waals surface area contributed by atoms with Crippen LogP contribution in [0.5, 0.6) is 0 Å². The number of carbonyl (C=O) groups excluding carboxylic acids is 1. The molecule has 0 radical (unpaired) electrons. The van der Waals surface area contributed by atoms with Gasteiger partial charge in [0, 0.05) is 25.8 Å². The zero-order chi connectivity index (χ0) is 17.4. The van der Waals surface area contributed by atoms with Crippen molar-refractivity contribution in [3.05, 3.63) is 59.5 Å². The van der Waals surface area contributed by atoms with E-state index in [0.717, 1.165) is 31.5 Å². The molecule has 0 saturated carbocycles. The van der Waals surface area contributed by atoms with Crippen molar-refractivity contribution >= 4 is 11.7 Å². The quantitative estimate of drug-likeness (QED) is 0.793. The topological polar surface area (TPSA) is 45.2 Å². The first-order chi connectivity index (χ1) is 11.6. The average Bonchev–Trinajstić information content (AvgIpc) is 2.61. The van der Waals surface area contributed by atoms with Crippen LogP contribution in [0.3, 0.4) is 0 Å². The van der Waals surface area contributed by atoms with Crippen LogP contribution in [0.25, 0.3) is 0 Å². The molecule has 0 aliphatic carbocycles. The molecule has 0 fully saturated rings. The average molecular weight is 329 g/mol. The summed E-state index contributed by atoms with van der Waals surface area (Å²) in [6.45, 7) is 6.21. The van der Waals surface area contributed by atoms with Crippen LogP contribution in [0, 0.1) is 5.82 Å². The lowest BCUT2D eigenvalue weighted by molar-refractivity contribution is 0.0755. The molecular formula is C19H24FN3O. The number of nitrogens with one attached hydrogen (secondary N) is 1. The molecule has 4 nitrogen and oxygen atoms in total. The summed E-state index contributed by atoms with van der Waals surface area (Å²) in [7, 11) is 0. The van der Waals surface area contributed by atoms with Crippen LogP contribution in [0.4, 0.5) is 10.2 Å². The highest BCUT2D eigenvalue weighted by atomic mass is 19.1. The minimum atomic E-state index is -0.247. The van der Waals surface area contributed by atoms with E-state index in [0.29, 0.717) is 17.9 Å². The highest BCUT2D eigenvalue weighted by Gasteiger charge is 2.14. The number of hydrogen-bond acceptors (Lipinski definition) is 3. The first kappa shape index (κ1) is 17.9. The highest BCUT2D eigenvalue weighted by Crippen LogP contribution is 2.11. The molecule has 128 valence electrons. The van der Waals surface area contributed by atoms with Crippen molar-refractivity contribution in [2.75, 3.05) is 18.4 Å². The number of rotatable bonds is 8. The van der Waals surface area contributed by atoms with Gasteiger partial charge in [-0.2, -0.15) is 0 Å². The van der Waals surface area contributed by atoms with Crippen LogP contribution >= 0.6 is 0 Å². The largest absolute Gasteiger partial charge is 0.366 e. The van der Waals surface area contributed by atoms with Gasteiger partial charge < -0.3 is 10.2 Å². The molecule has 1 aromatic carbocycles. The van der Waals surface area contributed by atoms with E-state index in [1.807, 2.05) is 4.90 Å². The van der Waals surface area contributed by atoms with Gasteiger partial charge in [0.15, 0.2) is 0 Å². The third-order valence-electron chi connectivity index (χ3n) is 3.67. The first-order valence-corrected chi connectivity index (χ1v) is 8.37. The molecule has 0 unspecified atom stereocenters. The number of anilines is 1. The molecule has 1 amide bonds. The van der Waals surface area contributed by atoms with Gasteiger partial charge in [-0.25, -0.2) is 9.37 Å². The Bertz CT molecular complexity index is 635. The summed E-state index contributed by atoms with van der Waals surface area (Å²) in [5.74, 6) is 0.466. The van der Waals surface area contributed by atoms with Crippen LogP contribution in [0.2, 0.25) is 0 Å². The second kappa shape index (κ2) is 9.01. The van der Waals surface area contributed by atoms with Gasteiger partial charge in [-0.05, 0) is 42.7 Å². The maximum Gasteiger partial charge on any atom is 0.255 e. The number of carbonyl (C=O) groups is 1. The Kier molecular flexibility index (Phi) is 6.73. The molecule has 0 aliphatic heterocycles. The maximum atomic E-state index is 12.9. The molecule has 5 heteroatoms. The summed E-state index contributed by atoms with van der Waals surface area (Å²) in [6.07, 6.45) is 3.49. The molecule has 0 spiro atoms. The van der Waals surface area contributed by atoms with E-state index in [2.05, 4.69) is 24.1 Å². The Morgan fingerprint density at radius 2 is 1.75 bits per heavy atom. The lowest BCUT2D eigenvalue weighted by atomic mass is 10.2.